The minimum absolute atomic E-state index is 0.0434. The number of rotatable bonds is 9. The number of nitrogens with one attached hydrogen (secondary N) is 1. The van der Waals surface area contributed by atoms with Crippen LogP contribution >= 0.6 is 0 Å². The molecular formula is C24H26N2O7. The van der Waals surface area contributed by atoms with Gasteiger partial charge in [-0.05, 0) is 42.0 Å². The molecule has 0 bridgehead atoms. The topological polar surface area (TPSA) is 125 Å². The second-order valence-corrected chi connectivity index (χ2v) is 7.31. The number of methoxy groups -OCH3 is 2. The molecule has 174 valence electrons. The number of hydrogen-bond donors (Lipinski definition) is 3. The Labute approximate surface area is 191 Å². The summed E-state index contributed by atoms with van der Waals surface area (Å²) in [6.45, 7) is 0.795. The molecule has 2 aromatic carbocycles. The lowest BCUT2D eigenvalue weighted by atomic mass is 9.94. The monoisotopic (exact) mass is 454 g/mol. The second-order valence-electron chi connectivity index (χ2n) is 7.31. The van der Waals surface area contributed by atoms with Gasteiger partial charge in [0.15, 0.2) is 0 Å². The van der Waals surface area contributed by atoms with Crippen molar-refractivity contribution in [2.24, 2.45) is 0 Å². The first-order valence-electron chi connectivity index (χ1n) is 10.4. The van der Waals surface area contributed by atoms with Gasteiger partial charge in [-0.15, -0.1) is 0 Å². The van der Waals surface area contributed by atoms with E-state index in [1.807, 2.05) is 0 Å². The van der Waals surface area contributed by atoms with Gasteiger partial charge in [0.1, 0.15) is 11.5 Å². The Morgan fingerprint density at radius 1 is 1.00 bits per heavy atom. The van der Waals surface area contributed by atoms with Crippen LogP contribution in [0.3, 0.4) is 0 Å². The SMILES string of the molecule is COC(=O)c1ccc(C2C(=C(O)c3ccc(OC)cc3)C(=O)C(=O)N2CCNCCO)cc1. The number of carbonyl (C=O) groups excluding carboxylic acids is 3. The lowest BCUT2D eigenvalue weighted by molar-refractivity contribution is -0.139. The van der Waals surface area contributed by atoms with Gasteiger partial charge in [0, 0.05) is 25.2 Å². The van der Waals surface area contributed by atoms with Crippen molar-refractivity contribution in [2.45, 2.75) is 6.04 Å². The number of carbonyl (C=O) groups is 3. The highest BCUT2D eigenvalue weighted by molar-refractivity contribution is 6.46. The van der Waals surface area contributed by atoms with Crippen molar-refractivity contribution in [3.63, 3.8) is 0 Å². The van der Waals surface area contributed by atoms with Crippen LogP contribution in [0.4, 0.5) is 0 Å². The Hall–Kier alpha value is -3.69. The number of aliphatic hydroxyl groups is 2. The molecular weight excluding hydrogens is 428 g/mol. The van der Waals surface area contributed by atoms with E-state index in [0.717, 1.165) is 0 Å². The molecule has 1 fully saturated rings. The summed E-state index contributed by atoms with van der Waals surface area (Å²) in [6, 6.07) is 12.0. The van der Waals surface area contributed by atoms with Gasteiger partial charge in [0.2, 0.25) is 0 Å². The first-order chi connectivity index (χ1) is 15.9. The molecule has 1 saturated heterocycles. The van der Waals surface area contributed by atoms with E-state index in [9.17, 15) is 19.5 Å². The normalized spacial score (nSPS) is 17.3. The molecule has 0 aromatic heterocycles. The Bertz CT molecular complexity index is 1050. The number of benzene rings is 2. The maximum atomic E-state index is 13.0. The highest BCUT2D eigenvalue weighted by Crippen LogP contribution is 2.39. The van der Waals surface area contributed by atoms with Crippen LogP contribution in [0.25, 0.3) is 5.76 Å². The van der Waals surface area contributed by atoms with Crippen LogP contribution in [0.2, 0.25) is 0 Å². The zero-order chi connectivity index (χ0) is 24.0. The molecule has 0 radical (unpaired) electrons. The van der Waals surface area contributed by atoms with E-state index in [1.54, 1.807) is 48.5 Å². The number of ketones is 1. The van der Waals surface area contributed by atoms with E-state index >= 15 is 0 Å². The third-order valence-corrected chi connectivity index (χ3v) is 5.37. The van der Waals surface area contributed by atoms with Gasteiger partial charge in [0.25, 0.3) is 11.7 Å². The van der Waals surface area contributed by atoms with Crippen molar-refractivity contribution in [2.75, 3.05) is 40.5 Å². The first kappa shape index (κ1) is 24.0. The van der Waals surface area contributed by atoms with Gasteiger partial charge < -0.3 is 29.9 Å². The van der Waals surface area contributed by atoms with E-state index in [4.69, 9.17) is 14.6 Å². The highest BCUT2D eigenvalue weighted by atomic mass is 16.5. The van der Waals surface area contributed by atoms with Crippen molar-refractivity contribution < 1.29 is 34.1 Å². The van der Waals surface area contributed by atoms with Gasteiger partial charge in [0.05, 0.1) is 38.0 Å². The van der Waals surface area contributed by atoms with Gasteiger partial charge in [-0.3, -0.25) is 9.59 Å². The van der Waals surface area contributed by atoms with Crippen LogP contribution in [0, 0.1) is 0 Å². The van der Waals surface area contributed by atoms with Gasteiger partial charge in [-0.25, -0.2) is 4.79 Å². The fourth-order valence-electron chi connectivity index (χ4n) is 3.68. The lowest BCUT2D eigenvalue weighted by Crippen LogP contribution is -2.36. The quantitative estimate of drug-likeness (QED) is 0.171. The molecule has 1 unspecified atom stereocenters. The Morgan fingerprint density at radius 3 is 2.21 bits per heavy atom. The van der Waals surface area contributed by atoms with E-state index in [2.05, 4.69) is 5.32 Å². The van der Waals surface area contributed by atoms with Crippen molar-refractivity contribution in [1.29, 1.82) is 0 Å². The van der Waals surface area contributed by atoms with E-state index in [-0.39, 0.29) is 24.5 Å². The van der Waals surface area contributed by atoms with E-state index < -0.39 is 23.7 Å². The van der Waals surface area contributed by atoms with Crippen LogP contribution in [-0.2, 0) is 14.3 Å². The molecule has 1 aliphatic heterocycles. The van der Waals surface area contributed by atoms with Crippen LogP contribution in [0.1, 0.15) is 27.5 Å². The first-order valence-corrected chi connectivity index (χ1v) is 10.4. The molecule has 0 saturated carbocycles. The zero-order valence-electron chi connectivity index (χ0n) is 18.4. The summed E-state index contributed by atoms with van der Waals surface area (Å²) < 4.78 is 9.86. The summed E-state index contributed by atoms with van der Waals surface area (Å²) in [5.74, 6) is -1.77. The van der Waals surface area contributed by atoms with Crippen LogP contribution in [-0.4, -0.2) is 73.2 Å². The number of ether oxygens (including phenoxy) is 2. The molecule has 0 aliphatic carbocycles. The summed E-state index contributed by atoms with van der Waals surface area (Å²) in [5, 5.41) is 23.0. The molecule has 1 amide bonds. The maximum Gasteiger partial charge on any atom is 0.337 e. The summed E-state index contributed by atoms with van der Waals surface area (Å²) in [4.78, 5) is 39.0. The molecule has 1 aliphatic rings. The largest absolute Gasteiger partial charge is 0.507 e. The number of likely N-dealkylation sites (tertiary alicyclic amines) is 1. The second kappa shape index (κ2) is 10.8. The van der Waals surface area contributed by atoms with Crippen molar-refractivity contribution in [3.8, 4) is 5.75 Å². The fraction of sp³-hybridized carbons (Fsp3) is 0.292. The van der Waals surface area contributed by atoms with Gasteiger partial charge in [-0.1, -0.05) is 12.1 Å². The summed E-state index contributed by atoms with van der Waals surface area (Å²) in [6.07, 6.45) is 0. The number of Topliss-reactive ketones (excluding diaryl/α,β-unsaturated/α-hetero) is 1. The minimum atomic E-state index is -0.852. The fourth-order valence-corrected chi connectivity index (χ4v) is 3.68. The maximum absolute atomic E-state index is 13.0. The van der Waals surface area contributed by atoms with Crippen LogP contribution < -0.4 is 10.1 Å². The number of esters is 1. The molecule has 9 nitrogen and oxygen atoms in total. The van der Waals surface area contributed by atoms with Gasteiger partial charge >= 0.3 is 5.97 Å². The molecule has 0 spiro atoms. The van der Waals surface area contributed by atoms with Gasteiger partial charge in [-0.2, -0.15) is 0 Å². The number of hydrogen-bond acceptors (Lipinski definition) is 8. The Kier molecular flexibility index (Phi) is 7.81. The third-order valence-electron chi connectivity index (χ3n) is 5.37. The predicted molar refractivity (Wildman–Crippen MR) is 120 cm³/mol. The minimum Gasteiger partial charge on any atom is -0.507 e. The highest BCUT2D eigenvalue weighted by Gasteiger charge is 2.45. The number of aliphatic hydroxyl groups excluding tert-OH is 2. The molecule has 1 atom stereocenters. The molecule has 2 aromatic rings. The Balaban J connectivity index is 2.05. The average molecular weight is 454 g/mol. The molecule has 1 heterocycles. The van der Waals surface area contributed by atoms with Crippen LogP contribution in [0.15, 0.2) is 54.1 Å². The standard InChI is InChI=1S/C24H26N2O7/c1-32-18-9-7-16(8-10-18)21(28)19-20(15-3-5-17(6-4-15)24(31)33-2)26(23(30)22(19)29)13-11-25-12-14-27/h3-10,20,25,27-28H,11-14H2,1-2H3. The lowest BCUT2D eigenvalue weighted by Gasteiger charge is -2.25. The summed E-state index contributed by atoms with van der Waals surface area (Å²) in [5.41, 5.74) is 1.19. The van der Waals surface area contributed by atoms with E-state index in [0.29, 0.717) is 35.5 Å². The number of amides is 1. The Morgan fingerprint density at radius 2 is 1.64 bits per heavy atom. The summed E-state index contributed by atoms with van der Waals surface area (Å²) in [7, 11) is 2.79. The molecule has 3 rings (SSSR count). The van der Waals surface area contributed by atoms with E-state index in [1.165, 1.54) is 19.1 Å². The predicted octanol–water partition coefficient (Wildman–Crippen LogP) is 1.49. The summed E-state index contributed by atoms with van der Waals surface area (Å²) >= 11 is 0. The van der Waals surface area contributed by atoms with Crippen molar-refractivity contribution in [3.05, 3.63) is 70.8 Å². The smallest absolute Gasteiger partial charge is 0.337 e. The van der Waals surface area contributed by atoms with Crippen LogP contribution in [0.5, 0.6) is 5.75 Å². The average Bonchev–Trinajstić information content (AvgIpc) is 3.10. The van der Waals surface area contributed by atoms with Crippen molar-refractivity contribution in [1.82, 2.24) is 10.2 Å². The number of nitrogens with zero attached hydrogens (tertiary/aromatic N) is 1. The zero-order valence-corrected chi connectivity index (χ0v) is 18.4. The third kappa shape index (κ3) is 5.05. The molecule has 3 N–H and O–H groups in total. The van der Waals surface area contributed by atoms with Crippen molar-refractivity contribution >= 4 is 23.4 Å². The molecule has 9 heteroatoms. The molecule has 33 heavy (non-hydrogen) atoms.